The van der Waals surface area contributed by atoms with E-state index < -0.39 is 6.04 Å². The number of hydrogen-bond donors (Lipinski definition) is 1. The molecule has 1 atom stereocenters. The molecule has 4 rings (SSSR count). The lowest BCUT2D eigenvalue weighted by atomic mass is 10.1. The van der Waals surface area contributed by atoms with Crippen LogP contribution in [0.1, 0.15) is 23.1 Å². The summed E-state index contributed by atoms with van der Waals surface area (Å²) in [4.78, 5) is 0. The Labute approximate surface area is 167 Å². The van der Waals surface area contributed by atoms with E-state index in [0.29, 0.717) is 16.8 Å². The average Bonchev–Trinajstić information content (AvgIpc) is 3.21. The Bertz CT molecular complexity index is 1080. The molecule has 0 saturated carbocycles. The van der Waals surface area contributed by atoms with Crippen LogP contribution in [0.15, 0.2) is 77.2 Å². The van der Waals surface area contributed by atoms with E-state index in [1.54, 1.807) is 12.1 Å². The second-order valence-electron chi connectivity index (χ2n) is 6.35. The first-order chi connectivity index (χ1) is 13.6. The molecule has 6 heteroatoms. The summed E-state index contributed by atoms with van der Waals surface area (Å²) in [6.07, 6.45) is 0. The molecule has 0 aliphatic heterocycles. The van der Waals surface area contributed by atoms with Crippen LogP contribution in [0, 0.1) is 12.7 Å². The summed E-state index contributed by atoms with van der Waals surface area (Å²) in [5.41, 5.74) is 3.36. The van der Waals surface area contributed by atoms with Crippen LogP contribution in [0.3, 0.4) is 0 Å². The topological polar surface area (TPSA) is 51.0 Å². The zero-order valence-corrected chi connectivity index (χ0v) is 15.8. The molecule has 1 aromatic heterocycles. The second kappa shape index (κ2) is 7.82. The predicted molar refractivity (Wildman–Crippen MR) is 108 cm³/mol. The van der Waals surface area contributed by atoms with Crippen LogP contribution >= 0.6 is 11.6 Å². The molecule has 1 heterocycles. The number of halogens is 2. The summed E-state index contributed by atoms with van der Waals surface area (Å²) in [6, 6.07) is 20.9. The van der Waals surface area contributed by atoms with Crippen molar-refractivity contribution in [1.82, 2.24) is 10.2 Å². The van der Waals surface area contributed by atoms with E-state index in [2.05, 4.69) is 15.5 Å². The van der Waals surface area contributed by atoms with E-state index in [9.17, 15) is 4.39 Å². The number of rotatable bonds is 5. The van der Waals surface area contributed by atoms with Crippen molar-refractivity contribution >= 4 is 17.3 Å². The van der Waals surface area contributed by atoms with Gasteiger partial charge in [0, 0.05) is 16.3 Å². The Morgan fingerprint density at radius 1 is 0.929 bits per heavy atom. The van der Waals surface area contributed by atoms with Crippen molar-refractivity contribution in [2.24, 2.45) is 0 Å². The van der Waals surface area contributed by atoms with E-state index in [1.807, 2.05) is 55.5 Å². The first kappa shape index (κ1) is 18.2. The van der Waals surface area contributed by atoms with Gasteiger partial charge in [-0.15, -0.1) is 10.2 Å². The summed E-state index contributed by atoms with van der Waals surface area (Å²) < 4.78 is 19.4. The summed E-state index contributed by atoms with van der Waals surface area (Å²) in [7, 11) is 0. The normalized spacial score (nSPS) is 12.0. The first-order valence-electron chi connectivity index (χ1n) is 8.78. The van der Waals surface area contributed by atoms with Gasteiger partial charge in [-0.25, -0.2) is 4.39 Å². The third-order valence-corrected chi connectivity index (χ3v) is 4.89. The zero-order valence-electron chi connectivity index (χ0n) is 15.1. The maximum Gasteiger partial charge on any atom is 0.247 e. The molecule has 4 nitrogen and oxygen atoms in total. The van der Waals surface area contributed by atoms with Crippen molar-refractivity contribution in [3.63, 3.8) is 0 Å². The van der Waals surface area contributed by atoms with Crippen molar-refractivity contribution in [2.45, 2.75) is 13.0 Å². The second-order valence-corrected chi connectivity index (χ2v) is 6.76. The van der Waals surface area contributed by atoms with Gasteiger partial charge in [-0.1, -0.05) is 48.0 Å². The van der Waals surface area contributed by atoms with Gasteiger partial charge in [0.05, 0.1) is 0 Å². The van der Waals surface area contributed by atoms with Gasteiger partial charge in [0.25, 0.3) is 0 Å². The standard InChI is InChI=1S/C22H17ClFN3O/c1-14-18(23)8-5-9-19(14)25-20(15-10-12-17(24)13-11-15)22-27-26-21(28-22)16-6-3-2-4-7-16/h2-13,20,25H,1H3/t20-/m0/s1. The van der Waals surface area contributed by atoms with Crippen LogP contribution in [-0.4, -0.2) is 10.2 Å². The molecule has 0 amide bonds. The van der Waals surface area contributed by atoms with Crippen molar-refractivity contribution in [3.8, 4) is 11.5 Å². The molecule has 28 heavy (non-hydrogen) atoms. The van der Waals surface area contributed by atoms with Gasteiger partial charge in [-0.05, 0) is 54.4 Å². The largest absolute Gasteiger partial charge is 0.418 e. The minimum Gasteiger partial charge on any atom is -0.418 e. The zero-order chi connectivity index (χ0) is 19.5. The van der Waals surface area contributed by atoms with Crippen LogP contribution in [0.25, 0.3) is 11.5 Å². The highest BCUT2D eigenvalue weighted by Crippen LogP contribution is 2.31. The van der Waals surface area contributed by atoms with E-state index in [4.69, 9.17) is 16.0 Å². The highest BCUT2D eigenvalue weighted by Gasteiger charge is 2.22. The number of nitrogens with zero attached hydrogens (tertiary/aromatic N) is 2. The van der Waals surface area contributed by atoms with E-state index >= 15 is 0 Å². The number of aromatic nitrogens is 2. The average molecular weight is 394 g/mol. The third kappa shape index (κ3) is 3.75. The minimum absolute atomic E-state index is 0.308. The monoisotopic (exact) mass is 393 g/mol. The molecule has 0 bridgehead atoms. The Balaban J connectivity index is 1.74. The fourth-order valence-electron chi connectivity index (χ4n) is 2.91. The van der Waals surface area contributed by atoms with E-state index in [1.165, 1.54) is 12.1 Å². The van der Waals surface area contributed by atoms with Crippen LogP contribution in [-0.2, 0) is 0 Å². The summed E-state index contributed by atoms with van der Waals surface area (Å²) in [6.45, 7) is 1.93. The van der Waals surface area contributed by atoms with Gasteiger partial charge in [-0.2, -0.15) is 0 Å². The highest BCUT2D eigenvalue weighted by molar-refractivity contribution is 6.31. The fourth-order valence-corrected chi connectivity index (χ4v) is 3.09. The molecular weight excluding hydrogens is 377 g/mol. The molecule has 0 radical (unpaired) electrons. The van der Waals surface area contributed by atoms with Crippen LogP contribution in [0.5, 0.6) is 0 Å². The number of nitrogens with one attached hydrogen (secondary N) is 1. The number of benzene rings is 3. The molecule has 0 fully saturated rings. The molecule has 3 aromatic carbocycles. The Morgan fingerprint density at radius 3 is 2.43 bits per heavy atom. The molecule has 0 spiro atoms. The van der Waals surface area contributed by atoms with Gasteiger partial charge in [0.2, 0.25) is 11.8 Å². The van der Waals surface area contributed by atoms with Gasteiger partial charge in [0.1, 0.15) is 11.9 Å². The highest BCUT2D eigenvalue weighted by atomic mass is 35.5. The third-order valence-electron chi connectivity index (χ3n) is 4.48. The lowest BCUT2D eigenvalue weighted by molar-refractivity contribution is 0.493. The molecular formula is C22H17ClFN3O. The lowest BCUT2D eigenvalue weighted by Gasteiger charge is -2.19. The molecule has 4 aromatic rings. The molecule has 140 valence electrons. The minimum atomic E-state index is -0.456. The number of anilines is 1. The first-order valence-corrected chi connectivity index (χ1v) is 9.15. The predicted octanol–water partition coefficient (Wildman–Crippen LogP) is 6.04. The van der Waals surface area contributed by atoms with Gasteiger partial charge in [-0.3, -0.25) is 0 Å². The summed E-state index contributed by atoms with van der Waals surface area (Å²) in [5, 5.41) is 12.5. The van der Waals surface area contributed by atoms with Gasteiger partial charge >= 0.3 is 0 Å². The summed E-state index contributed by atoms with van der Waals surface area (Å²) in [5.74, 6) is 0.495. The van der Waals surface area contributed by atoms with Crippen molar-refractivity contribution in [3.05, 3.63) is 101 Å². The number of hydrogen-bond acceptors (Lipinski definition) is 4. The van der Waals surface area contributed by atoms with Crippen LogP contribution in [0.2, 0.25) is 5.02 Å². The molecule has 0 saturated heterocycles. The maximum absolute atomic E-state index is 13.4. The Hall–Kier alpha value is -3.18. The summed E-state index contributed by atoms with van der Waals surface area (Å²) >= 11 is 6.25. The van der Waals surface area contributed by atoms with Gasteiger partial charge in [0.15, 0.2) is 0 Å². The van der Waals surface area contributed by atoms with Gasteiger partial charge < -0.3 is 9.73 Å². The van der Waals surface area contributed by atoms with Crippen LogP contribution in [0.4, 0.5) is 10.1 Å². The van der Waals surface area contributed by atoms with Crippen molar-refractivity contribution in [2.75, 3.05) is 5.32 Å². The van der Waals surface area contributed by atoms with Crippen molar-refractivity contribution < 1.29 is 8.81 Å². The van der Waals surface area contributed by atoms with E-state index in [0.717, 1.165) is 22.4 Å². The molecule has 0 aliphatic carbocycles. The lowest BCUT2D eigenvalue weighted by Crippen LogP contribution is -2.14. The molecule has 1 N–H and O–H groups in total. The van der Waals surface area contributed by atoms with E-state index in [-0.39, 0.29) is 5.82 Å². The fraction of sp³-hybridized carbons (Fsp3) is 0.0909. The van der Waals surface area contributed by atoms with Crippen LogP contribution < -0.4 is 5.32 Å². The molecule has 0 unspecified atom stereocenters. The Morgan fingerprint density at radius 2 is 1.68 bits per heavy atom. The SMILES string of the molecule is Cc1c(Cl)cccc1N[C@@H](c1ccc(F)cc1)c1nnc(-c2ccccc2)o1. The Kier molecular flexibility index (Phi) is 5.08. The van der Waals surface area contributed by atoms with Crippen molar-refractivity contribution in [1.29, 1.82) is 0 Å². The quantitative estimate of drug-likeness (QED) is 0.449. The maximum atomic E-state index is 13.4. The molecule has 0 aliphatic rings. The smallest absolute Gasteiger partial charge is 0.247 e.